The van der Waals surface area contributed by atoms with Crippen LogP contribution >= 0.6 is 0 Å². The summed E-state index contributed by atoms with van der Waals surface area (Å²) < 4.78 is 19.4. The standard InChI is InChI=1S/C14H16FN3O2/c1-4-20-14(19)12-9(2)13(18(3)17-12)16-11-7-5-10(15)6-8-11/h5-8,16H,4H2,1-3H3. The fraction of sp³-hybridized carbons (Fsp3) is 0.286. The zero-order chi connectivity index (χ0) is 14.7. The Morgan fingerprint density at radius 1 is 1.40 bits per heavy atom. The number of ether oxygens (including phenoxy) is 1. The number of hydrogen-bond acceptors (Lipinski definition) is 4. The number of rotatable bonds is 4. The van der Waals surface area contributed by atoms with Crippen molar-refractivity contribution in [2.75, 3.05) is 11.9 Å². The SMILES string of the molecule is CCOC(=O)c1nn(C)c(Nc2ccc(F)cc2)c1C. The van der Waals surface area contributed by atoms with Crippen LogP contribution in [0.2, 0.25) is 0 Å². The third-order valence-corrected chi connectivity index (χ3v) is 2.86. The molecule has 1 aromatic heterocycles. The second-order valence-corrected chi connectivity index (χ2v) is 4.30. The van der Waals surface area contributed by atoms with Gasteiger partial charge in [0.15, 0.2) is 5.69 Å². The molecule has 5 nitrogen and oxygen atoms in total. The second kappa shape index (κ2) is 5.73. The Morgan fingerprint density at radius 2 is 2.05 bits per heavy atom. The van der Waals surface area contributed by atoms with Crippen molar-refractivity contribution in [3.8, 4) is 0 Å². The minimum atomic E-state index is -0.451. The topological polar surface area (TPSA) is 56.1 Å². The molecule has 1 aromatic carbocycles. The molecular formula is C14H16FN3O2. The average Bonchev–Trinajstić information content (AvgIpc) is 2.69. The molecule has 20 heavy (non-hydrogen) atoms. The summed E-state index contributed by atoms with van der Waals surface area (Å²) in [5, 5.41) is 7.26. The molecule has 0 saturated heterocycles. The van der Waals surface area contributed by atoms with Crippen LogP contribution in [-0.4, -0.2) is 22.4 Å². The number of anilines is 2. The van der Waals surface area contributed by atoms with Crippen LogP contribution in [0.25, 0.3) is 0 Å². The van der Waals surface area contributed by atoms with Gasteiger partial charge in [-0.25, -0.2) is 9.18 Å². The smallest absolute Gasteiger partial charge is 0.359 e. The molecular weight excluding hydrogens is 261 g/mol. The van der Waals surface area contributed by atoms with Gasteiger partial charge < -0.3 is 10.1 Å². The number of aryl methyl sites for hydroxylation is 1. The minimum Gasteiger partial charge on any atom is -0.461 e. The Morgan fingerprint density at radius 3 is 2.65 bits per heavy atom. The highest BCUT2D eigenvalue weighted by Gasteiger charge is 2.19. The number of esters is 1. The number of halogens is 1. The van der Waals surface area contributed by atoms with Crippen molar-refractivity contribution in [2.45, 2.75) is 13.8 Å². The molecule has 2 aromatic rings. The van der Waals surface area contributed by atoms with E-state index in [-0.39, 0.29) is 11.5 Å². The molecule has 0 radical (unpaired) electrons. The number of hydrogen-bond donors (Lipinski definition) is 1. The Hall–Kier alpha value is -2.37. The third kappa shape index (κ3) is 2.79. The number of aromatic nitrogens is 2. The highest BCUT2D eigenvalue weighted by molar-refractivity contribution is 5.90. The summed E-state index contributed by atoms with van der Waals surface area (Å²) in [5.41, 5.74) is 1.68. The van der Waals surface area contributed by atoms with E-state index in [1.165, 1.54) is 12.1 Å². The van der Waals surface area contributed by atoms with Gasteiger partial charge in [-0.3, -0.25) is 4.68 Å². The Bertz CT molecular complexity index is 620. The molecule has 2 rings (SSSR count). The van der Waals surface area contributed by atoms with Gasteiger partial charge in [-0.05, 0) is 38.1 Å². The Labute approximate surface area is 116 Å². The van der Waals surface area contributed by atoms with Gasteiger partial charge in [0.05, 0.1) is 6.61 Å². The first kappa shape index (κ1) is 14.0. The highest BCUT2D eigenvalue weighted by atomic mass is 19.1. The second-order valence-electron chi connectivity index (χ2n) is 4.30. The fourth-order valence-electron chi connectivity index (χ4n) is 1.87. The molecule has 6 heteroatoms. The first-order valence-corrected chi connectivity index (χ1v) is 6.26. The van der Waals surface area contributed by atoms with Gasteiger partial charge >= 0.3 is 5.97 Å². The molecule has 106 valence electrons. The maximum Gasteiger partial charge on any atom is 0.359 e. The van der Waals surface area contributed by atoms with E-state index in [1.54, 1.807) is 37.7 Å². The van der Waals surface area contributed by atoms with E-state index in [0.29, 0.717) is 23.7 Å². The van der Waals surface area contributed by atoms with Crippen molar-refractivity contribution in [1.29, 1.82) is 0 Å². The quantitative estimate of drug-likeness (QED) is 0.873. The minimum absolute atomic E-state index is 0.277. The molecule has 0 spiro atoms. The molecule has 0 saturated carbocycles. The normalized spacial score (nSPS) is 10.4. The molecule has 0 aliphatic heterocycles. The molecule has 0 aliphatic carbocycles. The van der Waals surface area contributed by atoms with E-state index in [0.717, 1.165) is 0 Å². The summed E-state index contributed by atoms with van der Waals surface area (Å²) in [5.74, 6) is -0.0862. The van der Waals surface area contributed by atoms with Crippen LogP contribution < -0.4 is 5.32 Å². The van der Waals surface area contributed by atoms with Gasteiger partial charge in [0.2, 0.25) is 0 Å². The van der Waals surface area contributed by atoms with Crippen LogP contribution in [0.5, 0.6) is 0 Å². The number of carbonyl (C=O) groups is 1. The van der Waals surface area contributed by atoms with Gasteiger partial charge in [0.1, 0.15) is 11.6 Å². The van der Waals surface area contributed by atoms with Crippen molar-refractivity contribution < 1.29 is 13.9 Å². The molecule has 0 unspecified atom stereocenters. The van der Waals surface area contributed by atoms with E-state index >= 15 is 0 Å². The zero-order valence-corrected chi connectivity index (χ0v) is 11.6. The van der Waals surface area contributed by atoms with Crippen LogP contribution in [0.15, 0.2) is 24.3 Å². The molecule has 0 fully saturated rings. The van der Waals surface area contributed by atoms with Crippen molar-refractivity contribution >= 4 is 17.5 Å². The molecule has 0 bridgehead atoms. The maximum atomic E-state index is 12.9. The van der Waals surface area contributed by atoms with Crippen LogP contribution in [0, 0.1) is 12.7 Å². The number of nitrogens with zero attached hydrogens (tertiary/aromatic N) is 2. The van der Waals surface area contributed by atoms with Gasteiger partial charge in [-0.1, -0.05) is 0 Å². The van der Waals surface area contributed by atoms with Crippen LogP contribution in [0.3, 0.4) is 0 Å². The van der Waals surface area contributed by atoms with E-state index in [1.807, 2.05) is 0 Å². The Balaban J connectivity index is 2.28. The summed E-state index contributed by atoms with van der Waals surface area (Å²) in [6.45, 7) is 3.83. The fourth-order valence-corrected chi connectivity index (χ4v) is 1.87. The van der Waals surface area contributed by atoms with Crippen molar-refractivity contribution in [2.24, 2.45) is 7.05 Å². The monoisotopic (exact) mass is 277 g/mol. The number of benzene rings is 1. The van der Waals surface area contributed by atoms with E-state index in [2.05, 4.69) is 10.4 Å². The Kier molecular flexibility index (Phi) is 4.02. The lowest BCUT2D eigenvalue weighted by atomic mass is 10.2. The summed E-state index contributed by atoms with van der Waals surface area (Å²) in [7, 11) is 1.72. The number of carbonyl (C=O) groups excluding carboxylic acids is 1. The lowest BCUT2D eigenvalue weighted by Gasteiger charge is -2.07. The molecule has 0 atom stereocenters. The van der Waals surface area contributed by atoms with Crippen molar-refractivity contribution in [3.05, 3.63) is 41.3 Å². The first-order valence-electron chi connectivity index (χ1n) is 6.26. The lowest BCUT2D eigenvalue weighted by Crippen LogP contribution is -2.07. The third-order valence-electron chi connectivity index (χ3n) is 2.86. The first-order chi connectivity index (χ1) is 9.52. The van der Waals surface area contributed by atoms with Crippen LogP contribution in [0.1, 0.15) is 23.0 Å². The molecule has 0 amide bonds. The van der Waals surface area contributed by atoms with E-state index in [9.17, 15) is 9.18 Å². The van der Waals surface area contributed by atoms with Crippen LogP contribution in [0.4, 0.5) is 15.9 Å². The summed E-state index contributed by atoms with van der Waals surface area (Å²) >= 11 is 0. The average molecular weight is 277 g/mol. The van der Waals surface area contributed by atoms with Gasteiger partial charge in [0, 0.05) is 18.3 Å². The van der Waals surface area contributed by atoms with E-state index in [4.69, 9.17) is 4.74 Å². The highest BCUT2D eigenvalue weighted by Crippen LogP contribution is 2.23. The summed E-state index contributed by atoms with van der Waals surface area (Å²) in [4.78, 5) is 11.8. The van der Waals surface area contributed by atoms with Crippen LogP contribution in [-0.2, 0) is 11.8 Å². The molecule has 1 heterocycles. The van der Waals surface area contributed by atoms with E-state index < -0.39 is 5.97 Å². The van der Waals surface area contributed by atoms with Crippen molar-refractivity contribution in [1.82, 2.24) is 9.78 Å². The number of nitrogens with one attached hydrogen (secondary N) is 1. The molecule has 0 aliphatic rings. The van der Waals surface area contributed by atoms with Gasteiger partial charge in [-0.15, -0.1) is 0 Å². The maximum absolute atomic E-state index is 12.9. The largest absolute Gasteiger partial charge is 0.461 e. The lowest BCUT2D eigenvalue weighted by molar-refractivity contribution is 0.0517. The summed E-state index contributed by atoms with van der Waals surface area (Å²) in [6.07, 6.45) is 0. The zero-order valence-electron chi connectivity index (χ0n) is 11.6. The summed E-state index contributed by atoms with van der Waals surface area (Å²) in [6, 6.07) is 5.96. The molecule has 1 N–H and O–H groups in total. The van der Waals surface area contributed by atoms with Crippen molar-refractivity contribution in [3.63, 3.8) is 0 Å². The van der Waals surface area contributed by atoms with Gasteiger partial charge in [0.25, 0.3) is 0 Å². The predicted molar refractivity (Wildman–Crippen MR) is 73.6 cm³/mol. The van der Waals surface area contributed by atoms with Gasteiger partial charge in [-0.2, -0.15) is 5.10 Å². The predicted octanol–water partition coefficient (Wildman–Crippen LogP) is 2.79.